The van der Waals surface area contributed by atoms with Gasteiger partial charge in [-0.25, -0.2) is 0 Å². The molecule has 1 atom stereocenters. The molecule has 0 aliphatic rings. The first-order chi connectivity index (χ1) is 7.90. The molecule has 3 nitrogen and oxygen atoms in total. The number of carbonyl (C=O) groups excluding carboxylic acids is 1. The molecule has 0 bridgehead atoms. The number of thiophene rings is 1. The normalized spacial score (nSPS) is 12.8. The number of carbonyl (C=O) groups is 1. The third kappa shape index (κ3) is 4.77. The standard InChI is InChI=1S/C12H19BrN2OS/c1-7(2)15-12(16)8(3)14-6-10-5-11(13)9(4)17-10/h5,7-8,14H,6H2,1-4H3,(H,15,16). The van der Waals surface area contributed by atoms with Gasteiger partial charge in [-0.05, 0) is 49.7 Å². The van der Waals surface area contributed by atoms with Crippen molar-refractivity contribution in [3.05, 3.63) is 20.3 Å². The number of hydrogen-bond donors (Lipinski definition) is 2. The van der Waals surface area contributed by atoms with Crippen LogP contribution in [0.25, 0.3) is 0 Å². The van der Waals surface area contributed by atoms with E-state index < -0.39 is 0 Å². The van der Waals surface area contributed by atoms with Gasteiger partial charge in [0.15, 0.2) is 0 Å². The van der Waals surface area contributed by atoms with E-state index in [4.69, 9.17) is 0 Å². The molecule has 0 radical (unpaired) electrons. The lowest BCUT2D eigenvalue weighted by atomic mass is 10.2. The van der Waals surface area contributed by atoms with Crippen molar-refractivity contribution >= 4 is 33.2 Å². The van der Waals surface area contributed by atoms with E-state index in [2.05, 4.69) is 39.6 Å². The molecule has 1 amide bonds. The first-order valence-corrected chi connectivity index (χ1v) is 7.29. The predicted molar refractivity (Wildman–Crippen MR) is 76.3 cm³/mol. The van der Waals surface area contributed by atoms with Crippen LogP contribution in [0.3, 0.4) is 0 Å². The number of aryl methyl sites for hydroxylation is 1. The van der Waals surface area contributed by atoms with Crippen molar-refractivity contribution in [3.63, 3.8) is 0 Å². The van der Waals surface area contributed by atoms with Gasteiger partial charge in [-0.2, -0.15) is 0 Å². The summed E-state index contributed by atoms with van der Waals surface area (Å²) in [6.07, 6.45) is 0. The molecule has 0 saturated heterocycles. The maximum Gasteiger partial charge on any atom is 0.237 e. The van der Waals surface area contributed by atoms with Crippen molar-refractivity contribution in [1.29, 1.82) is 0 Å². The summed E-state index contributed by atoms with van der Waals surface area (Å²) in [5.41, 5.74) is 0. The molecule has 0 spiro atoms. The Kier molecular flexibility index (Phi) is 5.62. The number of halogens is 1. The summed E-state index contributed by atoms with van der Waals surface area (Å²) in [7, 11) is 0. The zero-order valence-electron chi connectivity index (χ0n) is 10.6. The second-order valence-corrected chi connectivity index (χ2v) is 6.58. The highest BCUT2D eigenvalue weighted by atomic mass is 79.9. The largest absolute Gasteiger partial charge is 0.353 e. The van der Waals surface area contributed by atoms with E-state index in [0.717, 1.165) is 11.0 Å². The second kappa shape index (κ2) is 6.52. The molecule has 0 saturated carbocycles. The first-order valence-electron chi connectivity index (χ1n) is 5.68. The van der Waals surface area contributed by atoms with Crippen molar-refractivity contribution in [3.8, 4) is 0 Å². The molecule has 1 heterocycles. The molecule has 0 aliphatic carbocycles. The van der Waals surface area contributed by atoms with Gasteiger partial charge >= 0.3 is 0 Å². The minimum absolute atomic E-state index is 0.0485. The van der Waals surface area contributed by atoms with Crippen LogP contribution in [0.1, 0.15) is 30.5 Å². The van der Waals surface area contributed by atoms with E-state index in [1.54, 1.807) is 11.3 Å². The van der Waals surface area contributed by atoms with E-state index in [0.29, 0.717) is 0 Å². The van der Waals surface area contributed by atoms with Crippen LogP contribution >= 0.6 is 27.3 Å². The molecule has 0 aromatic carbocycles. The Bertz CT molecular complexity index is 370. The maximum atomic E-state index is 11.7. The second-order valence-electron chi connectivity index (χ2n) is 4.38. The van der Waals surface area contributed by atoms with Crippen LogP contribution in [0.4, 0.5) is 0 Å². The van der Waals surface area contributed by atoms with E-state index in [-0.39, 0.29) is 18.0 Å². The van der Waals surface area contributed by atoms with E-state index in [1.807, 2.05) is 20.8 Å². The fourth-order valence-electron chi connectivity index (χ4n) is 1.36. The smallest absolute Gasteiger partial charge is 0.237 e. The molecule has 96 valence electrons. The lowest BCUT2D eigenvalue weighted by Crippen LogP contribution is -2.44. The lowest BCUT2D eigenvalue weighted by molar-refractivity contribution is -0.123. The number of amides is 1. The molecule has 1 aromatic heterocycles. The van der Waals surface area contributed by atoms with Crippen LogP contribution in [0, 0.1) is 6.92 Å². The Morgan fingerprint density at radius 1 is 1.47 bits per heavy atom. The van der Waals surface area contributed by atoms with Crippen LogP contribution < -0.4 is 10.6 Å². The Morgan fingerprint density at radius 2 is 2.12 bits per heavy atom. The Hall–Kier alpha value is -0.390. The SMILES string of the molecule is Cc1sc(CNC(C)C(=O)NC(C)C)cc1Br. The molecule has 1 aromatic rings. The van der Waals surface area contributed by atoms with Crippen molar-refractivity contribution in [2.75, 3.05) is 0 Å². The van der Waals surface area contributed by atoms with Gasteiger partial charge in [-0.15, -0.1) is 11.3 Å². The summed E-state index contributed by atoms with van der Waals surface area (Å²) >= 11 is 5.23. The highest BCUT2D eigenvalue weighted by molar-refractivity contribution is 9.10. The Balaban J connectivity index is 2.42. The molecule has 17 heavy (non-hydrogen) atoms. The van der Waals surface area contributed by atoms with Crippen molar-refractivity contribution in [2.24, 2.45) is 0 Å². The lowest BCUT2D eigenvalue weighted by Gasteiger charge is -2.15. The highest BCUT2D eigenvalue weighted by Crippen LogP contribution is 2.26. The van der Waals surface area contributed by atoms with Gasteiger partial charge in [-0.1, -0.05) is 0 Å². The minimum atomic E-state index is -0.168. The minimum Gasteiger partial charge on any atom is -0.353 e. The monoisotopic (exact) mass is 318 g/mol. The number of hydrogen-bond acceptors (Lipinski definition) is 3. The van der Waals surface area contributed by atoms with Crippen molar-refractivity contribution < 1.29 is 4.79 Å². The van der Waals surface area contributed by atoms with Crippen molar-refractivity contribution in [1.82, 2.24) is 10.6 Å². The predicted octanol–water partition coefficient (Wildman–Crippen LogP) is 2.82. The topological polar surface area (TPSA) is 41.1 Å². The summed E-state index contributed by atoms with van der Waals surface area (Å²) in [4.78, 5) is 14.2. The number of rotatable bonds is 5. The molecule has 0 fully saturated rings. The van der Waals surface area contributed by atoms with Gasteiger partial charge in [0.05, 0.1) is 6.04 Å². The summed E-state index contributed by atoms with van der Waals surface area (Å²) in [6.45, 7) is 8.61. The summed E-state index contributed by atoms with van der Waals surface area (Å²) in [6, 6.07) is 2.11. The van der Waals surface area contributed by atoms with Gasteiger partial charge in [0, 0.05) is 26.8 Å². The fourth-order valence-corrected chi connectivity index (χ4v) is 2.91. The third-order valence-corrected chi connectivity index (χ3v) is 4.45. The molecular weight excluding hydrogens is 300 g/mol. The van der Waals surface area contributed by atoms with Gasteiger partial charge in [-0.3, -0.25) is 4.79 Å². The summed E-state index contributed by atoms with van der Waals surface area (Å²) in [5.74, 6) is 0.0485. The molecular formula is C12H19BrN2OS. The molecule has 5 heteroatoms. The Labute approximate surface area is 115 Å². The van der Waals surface area contributed by atoms with Crippen LogP contribution in [0.5, 0.6) is 0 Å². The zero-order chi connectivity index (χ0) is 13.0. The van der Waals surface area contributed by atoms with E-state index >= 15 is 0 Å². The summed E-state index contributed by atoms with van der Waals surface area (Å²) in [5, 5.41) is 6.11. The average Bonchev–Trinajstić information content (AvgIpc) is 2.54. The summed E-state index contributed by atoms with van der Waals surface area (Å²) < 4.78 is 1.14. The van der Waals surface area contributed by atoms with Gasteiger partial charge < -0.3 is 10.6 Å². The van der Waals surface area contributed by atoms with Crippen LogP contribution in [0.2, 0.25) is 0 Å². The van der Waals surface area contributed by atoms with E-state index in [9.17, 15) is 4.79 Å². The van der Waals surface area contributed by atoms with E-state index in [1.165, 1.54) is 9.75 Å². The molecule has 1 rings (SSSR count). The molecule has 2 N–H and O–H groups in total. The van der Waals surface area contributed by atoms with Crippen molar-refractivity contribution in [2.45, 2.75) is 46.3 Å². The average molecular weight is 319 g/mol. The van der Waals surface area contributed by atoms with Crippen LogP contribution in [-0.4, -0.2) is 18.0 Å². The molecule has 1 unspecified atom stereocenters. The molecule has 0 aliphatic heterocycles. The maximum absolute atomic E-state index is 11.7. The van der Waals surface area contributed by atoms with Gasteiger partial charge in [0.2, 0.25) is 5.91 Å². The highest BCUT2D eigenvalue weighted by Gasteiger charge is 2.13. The first kappa shape index (κ1) is 14.7. The Morgan fingerprint density at radius 3 is 2.59 bits per heavy atom. The zero-order valence-corrected chi connectivity index (χ0v) is 13.0. The van der Waals surface area contributed by atoms with Gasteiger partial charge in [0.25, 0.3) is 0 Å². The fraction of sp³-hybridized carbons (Fsp3) is 0.583. The quantitative estimate of drug-likeness (QED) is 0.876. The van der Waals surface area contributed by atoms with Gasteiger partial charge in [0.1, 0.15) is 0 Å². The van der Waals surface area contributed by atoms with Crippen LogP contribution in [-0.2, 0) is 11.3 Å². The van der Waals surface area contributed by atoms with Crippen LogP contribution in [0.15, 0.2) is 10.5 Å². The number of nitrogens with one attached hydrogen (secondary N) is 2. The third-order valence-electron chi connectivity index (χ3n) is 2.31.